The first kappa shape index (κ1) is 20.5. The molecule has 0 aromatic heterocycles. The molecular formula is C18H28N6O3. The summed E-state index contributed by atoms with van der Waals surface area (Å²) in [5.74, 6) is 0.923. The van der Waals surface area contributed by atoms with Crippen molar-refractivity contribution in [3.05, 3.63) is 34.4 Å². The minimum atomic E-state index is -0.416. The largest absolute Gasteiger partial charge is 0.383 e. The van der Waals surface area contributed by atoms with Gasteiger partial charge < -0.3 is 20.9 Å². The molecule has 1 amide bonds. The van der Waals surface area contributed by atoms with Crippen molar-refractivity contribution >= 4 is 23.2 Å². The van der Waals surface area contributed by atoms with Crippen LogP contribution in [0.4, 0.5) is 11.4 Å². The number of nitro groups is 1. The third-order valence-electron chi connectivity index (χ3n) is 4.32. The van der Waals surface area contributed by atoms with Crippen LogP contribution in [0.3, 0.4) is 0 Å². The van der Waals surface area contributed by atoms with Crippen LogP contribution in [0.1, 0.15) is 26.7 Å². The lowest BCUT2D eigenvalue weighted by atomic mass is 10.3. The van der Waals surface area contributed by atoms with E-state index in [2.05, 4.69) is 20.9 Å². The summed E-state index contributed by atoms with van der Waals surface area (Å²) >= 11 is 0. The van der Waals surface area contributed by atoms with E-state index >= 15 is 0 Å². The van der Waals surface area contributed by atoms with Crippen molar-refractivity contribution in [2.24, 2.45) is 4.99 Å². The fraction of sp³-hybridized carbons (Fsp3) is 0.556. The Morgan fingerprint density at radius 2 is 2.07 bits per heavy atom. The van der Waals surface area contributed by atoms with Crippen molar-refractivity contribution in [3.63, 3.8) is 0 Å². The zero-order valence-corrected chi connectivity index (χ0v) is 15.9. The molecule has 148 valence electrons. The Kier molecular flexibility index (Phi) is 7.84. The molecule has 0 saturated carbocycles. The van der Waals surface area contributed by atoms with Crippen LogP contribution in [0.2, 0.25) is 0 Å². The van der Waals surface area contributed by atoms with E-state index in [0.717, 1.165) is 31.2 Å². The Hall–Kier alpha value is -2.84. The number of nitrogens with one attached hydrogen (secondary N) is 3. The minimum absolute atomic E-state index is 0.0735. The number of anilines is 1. The summed E-state index contributed by atoms with van der Waals surface area (Å²) in [6.45, 7) is 7.30. The van der Waals surface area contributed by atoms with E-state index in [4.69, 9.17) is 0 Å². The number of hydrogen-bond acceptors (Lipinski definition) is 5. The summed E-state index contributed by atoms with van der Waals surface area (Å²) in [5, 5.41) is 20.5. The predicted molar refractivity (Wildman–Crippen MR) is 106 cm³/mol. The van der Waals surface area contributed by atoms with Gasteiger partial charge in [0, 0.05) is 56.5 Å². The standard InChI is InChI=1S/C18H28N6O3/c1-3-17(25)23-12-9-15(13-23)22-18(19-4-2)21-11-10-20-14-5-7-16(8-6-14)24(26)27/h5-8,15,20H,3-4,9-13H2,1-2H3,(H2,19,21,22). The van der Waals surface area contributed by atoms with Gasteiger partial charge in [0.05, 0.1) is 11.5 Å². The van der Waals surface area contributed by atoms with E-state index in [1.807, 2.05) is 18.7 Å². The zero-order valence-electron chi connectivity index (χ0n) is 15.9. The third-order valence-corrected chi connectivity index (χ3v) is 4.32. The number of likely N-dealkylation sites (tertiary alicyclic amines) is 1. The molecule has 0 spiro atoms. The van der Waals surface area contributed by atoms with E-state index in [-0.39, 0.29) is 17.6 Å². The molecule has 1 fully saturated rings. The van der Waals surface area contributed by atoms with Crippen LogP contribution in [-0.2, 0) is 4.79 Å². The average molecular weight is 376 g/mol. The lowest BCUT2D eigenvalue weighted by molar-refractivity contribution is -0.384. The Morgan fingerprint density at radius 1 is 1.33 bits per heavy atom. The molecular weight excluding hydrogens is 348 g/mol. The lowest BCUT2D eigenvalue weighted by Crippen LogP contribution is -2.45. The maximum absolute atomic E-state index is 11.8. The van der Waals surface area contributed by atoms with Crippen LogP contribution in [0.5, 0.6) is 0 Å². The second-order valence-corrected chi connectivity index (χ2v) is 6.31. The summed E-state index contributed by atoms with van der Waals surface area (Å²) in [5.41, 5.74) is 0.891. The van der Waals surface area contributed by atoms with Crippen LogP contribution in [0.15, 0.2) is 29.3 Å². The number of guanidine groups is 1. The van der Waals surface area contributed by atoms with Gasteiger partial charge in [-0.05, 0) is 25.5 Å². The molecule has 1 saturated heterocycles. The second-order valence-electron chi connectivity index (χ2n) is 6.31. The first-order valence-corrected chi connectivity index (χ1v) is 9.34. The maximum Gasteiger partial charge on any atom is 0.269 e. The number of rotatable bonds is 8. The van der Waals surface area contributed by atoms with Gasteiger partial charge in [-0.3, -0.25) is 19.9 Å². The monoisotopic (exact) mass is 376 g/mol. The van der Waals surface area contributed by atoms with Crippen molar-refractivity contribution in [3.8, 4) is 0 Å². The molecule has 1 atom stereocenters. The van der Waals surface area contributed by atoms with Crippen molar-refractivity contribution in [1.29, 1.82) is 0 Å². The highest BCUT2D eigenvalue weighted by Crippen LogP contribution is 2.15. The molecule has 1 aliphatic heterocycles. The van der Waals surface area contributed by atoms with Gasteiger partial charge in [0.1, 0.15) is 0 Å². The number of nitrogens with zero attached hydrogens (tertiary/aromatic N) is 3. The number of nitro benzene ring substituents is 1. The third kappa shape index (κ3) is 6.43. The molecule has 1 aromatic rings. The number of carbonyl (C=O) groups is 1. The highest BCUT2D eigenvalue weighted by Gasteiger charge is 2.25. The minimum Gasteiger partial charge on any atom is -0.383 e. The molecule has 1 unspecified atom stereocenters. The highest BCUT2D eigenvalue weighted by molar-refractivity contribution is 5.80. The maximum atomic E-state index is 11.8. The van der Waals surface area contributed by atoms with Gasteiger partial charge in [-0.2, -0.15) is 0 Å². The molecule has 1 heterocycles. The summed E-state index contributed by atoms with van der Waals surface area (Å²) in [6.07, 6.45) is 1.45. The lowest BCUT2D eigenvalue weighted by Gasteiger charge is -2.18. The van der Waals surface area contributed by atoms with Gasteiger partial charge in [-0.15, -0.1) is 0 Å². The quantitative estimate of drug-likeness (QED) is 0.209. The van der Waals surface area contributed by atoms with Crippen LogP contribution in [-0.4, -0.2) is 60.5 Å². The van der Waals surface area contributed by atoms with Gasteiger partial charge in [-0.1, -0.05) is 6.92 Å². The molecule has 0 radical (unpaired) electrons. The molecule has 9 heteroatoms. The van der Waals surface area contributed by atoms with Crippen molar-refractivity contribution in [1.82, 2.24) is 15.5 Å². The molecule has 0 bridgehead atoms. The fourth-order valence-electron chi connectivity index (χ4n) is 2.91. The van der Waals surface area contributed by atoms with Crippen molar-refractivity contribution < 1.29 is 9.72 Å². The van der Waals surface area contributed by atoms with Gasteiger partial charge in [-0.25, -0.2) is 0 Å². The van der Waals surface area contributed by atoms with Crippen LogP contribution >= 0.6 is 0 Å². The Balaban J connectivity index is 1.79. The number of benzene rings is 1. The summed E-state index contributed by atoms with van der Waals surface area (Å²) in [7, 11) is 0. The first-order chi connectivity index (χ1) is 13.0. The Morgan fingerprint density at radius 3 is 2.70 bits per heavy atom. The van der Waals surface area contributed by atoms with Gasteiger partial charge in [0.25, 0.3) is 5.69 Å². The molecule has 2 rings (SSSR count). The van der Waals surface area contributed by atoms with E-state index < -0.39 is 4.92 Å². The molecule has 27 heavy (non-hydrogen) atoms. The molecule has 1 aromatic carbocycles. The van der Waals surface area contributed by atoms with Gasteiger partial charge >= 0.3 is 0 Å². The second kappa shape index (κ2) is 10.3. The van der Waals surface area contributed by atoms with E-state index in [0.29, 0.717) is 26.1 Å². The predicted octanol–water partition coefficient (Wildman–Crippen LogP) is 1.57. The van der Waals surface area contributed by atoms with Crippen LogP contribution in [0, 0.1) is 10.1 Å². The fourth-order valence-corrected chi connectivity index (χ4v) is 2.91. The smallest absolute Gasteiger partial charge is 0.269 e. The summed E-state index contributed by atoms with van der Waals surface area (Å²) in [4.78, 5) is 28.5. The van der Waals surface area contributed by atoms with Gasteiger partial charge in [0.15, 0.2) is 5.96 Å². The molecule has 9 nitrogen and oxygen atoms in total. The van der Waals surface area contributed by atoms with E-state index in [9.17, 15) is 14.9 Å². The van der Waals surface area contributed by atoms with E-state index in [1.54, 1.807) is 12.1 Å². The van der Waals surface area contributed by atoms with Crippen LogP contribution in [0.25, 0.3) is 0 Å². The van der Waals surface area contributed by atoms with E-state index in [1.165, 1.54) is 12.1 Å². The number of carbonyl (C=O) groups excluding carboxylic acids is 1. The number of amides is 1. The average Bonchev–Trinajstić information content (AvgIpc) is 3.13. The van der Waals surface area contributed by atoms with Gasteiger partial charge in [0.2, 0.25) is 5.91 Å². The van der Waals surface area contributed by atoms with Crippen molar-refractivity contribution in [2.75, 3.05) is 38.0 Å². The number of non-ortho nitro benzene ring substituents is 1. The topological polar surface area (TPSA) is 112 Å². The highest BCUT2D eigenvalue weighted by atomic mass is 16.6. The van der Waals surface area contributed by atoms with Crippen LogP contribution < -0.4 is 16.0 Å². The molecule has 3 N–H and O–H groups in total. The zero-order chi connectivity index (χ0) is 19.6. The summed E-state index contributed by atoms with van der Waals surface area (Å²) in [6, 6.07) is 6.52. The summed E-state index contributed by atoms with van der Waals surface area (Å²) < 4.78 is 0. The molecule has 1 aliphatic rings. The Bertz CT molecular complexity index is 662. The molecule has 0 aliphatic carbocycles. The van der Waals surface area contributed by atoms with Crippen molar-refractivity contribution in [2.45, 2.75) is 32.7 Å². The number of hydrogen-bond donors (Lipinski definition) is 3. The SMILES string of the molecule is CCNC(=NCCNc1ccc([N+](=O)[O-])cc1)NC1CCN(C(=O)CC)C1. The first-order valence-electron chi connectivity index (χ1n) is 9.34. The normalized spacial score (nSPS) is 16.9. The number of aliphatic imine (C=N–C) groups is 1. The Labute approximate surface area is 159 Å².